The Morgan fingerprint density at radius 3 is 2.39 bits per heavy atom. The smallest absolute Gasteiger partial charge is 0.0641 e. The normalized spacial score (nSPS) is 13.9. The summed E-state index contributed by atoms with van der Waals surface area (Å²) < 4.78 is 2.09. The summed E-state index contributed by atoms with van der Waals surface area (Å²) in [4.78, 5) is 0. The zero-order chi connectivity index (χ0) is 13.9. The molecule has 1 atom stereocenters. The van der Waals surface area contributed by atoms with Gasteiger partial charge >= 0.3 is 0 Å². The molecule has 2 N–H and O–H groups in total. The zero-order valence-corrected chi connectivity index (χ0v) is 12.5. The van der Waals surface area contributed by atoms with Crippen LogP contribution in [0.3, 0.4) is 0 Å². The van der Waals surface area contributed by atoms with E-state index >= 15 is 0 Å². The number of aliphatic hydroxyl groups is 1. The van der Waals surface area contributed by atoms with Gasteiger partial charge in [-0.3, -0.25) is 4.68 Å². The van der Waals surface area contributed by atoms with E-state index in [1.807, 2.05) is 6.92 Å². The molecule has 0 aliphatic heterocycles. The third kappa shape index (κ3) is 3.56. The van der Waals surface area contributed by atoms with Gasteiger partial charge in [0.1, 0.15) is 0 Å². The molecule has 0 aliphatic rings. The predicted octanol–water partition coefficient (Wildman–Crippen LogP) is 1.97. The molecule has 1 heterocycles. The first-order chi connectivity index (χ1) is 8.27. The maximum atomic E-state index is 9.00. The molecule has 0 spiro atoms. The highest BCUT2D eigenvalue weighted by atomic mass is 16.3. The van der Waals surface area contributed by atoms with Gasteiger partial charge in [-0.25, -0.2) is 0 Å². The Labute approximate surface area is 110 Å². The lowest BCUT2D eigenvalue weighted by atomic mass is 10.1. The maximum absolute atomic E-state index is 9.00. The van der Waals surface area contributed by atoms with E-state index in [-0.39, 0.29) is 12.1 Å². The average molecular weight is 253 g/mol. The minimum atomic E-state index is 0.0193. The van der Waals surface area contributed by atoms with Gasteiger partial charge in [-0.05, 0) is 40.5 Å². The van der Waals surface area contributed by atoms with Crippen molar-refractivity contribution in [3.8, 4) is 0 Å². The van der Waals surface area contributed by atoms with Crippen LogP contribution in [-0.4, -0.2) is 28.0 Å². The number of hydrogen-bond acceptors (Lipinski definition) is 3. The summed E-state index contributed by atoms with van der Waals surface area (Å²) >= 11 is 0. The highest BCUT2D eigenvalue weighted by Crippen LogP contribution is 2.21. The highest BCUT2D eigenvalue weighted by molar-refractivity contribution is 5.25. The molecular weight excluding hydrogens is 226 g/mol. The lowest BCUT2D eigenvalue weighted by Crippen LogP contribution is -2.25. The second kappa shape index (κ2) is 5.85. The van der Waals surface area contributed by atoms with E-state index in [0.29, 0.717) is 5.92 Å². The number of hydrogen-bond donors (Lipinski definition) is 2. The van der Waals surface area contributed by atoms with E-state index in [2.05, 4.69) is 49.7 Å². The molecule has 104 valence electrons. The van der Waals surface area contributed by atoms with Crippen molar-refractivity contribution in [1.82, 2.24) is 15.1 Å². The third-order valence-corrected chi connectivity index (χ3v) is 3.18. The number of aromatic nitrogens is 2. The summed E-state index contributed by atoms with van der Waals surface area (Å²) in [6.45, 7) is 14.6. The number of rotatable bonds is 5. The van der Waals surface area contributed by atoms with E-state index in [1.54, 1.807) is 0 Å². The van der Waals surface area contributed by atoms with Gasteiger partial charge in [-0.15, -0.1) is 0 Å². The highest BCUT2D eigenvalue weighted by Gasteiger charge is 2.20. The lowest BCUT2D eigenvalue weighted by Gasteiger charge is -2.21. The van der Waals surface area contributed by atoms with Crippen molar-refractivity contribution in [2.75, 3.05) is 13.2 Å². The van der Waals surface area contributed by atoms with Gasteiger partial charge in [0.05, 0.1) is 11.2 Å². The standard InChI is InChI=1S/C14H27N3O/c1-10(9-18)7-15-8-13-11(2)16-17(12(13)3)14(4,5)6/h10,15,18H,7-9H2,1-6H3. The Bertz CT molecular complexity index is 390. The molecule has 0 saturated heterocycles. The Balaban J connectivity index is 2.75. The molecule has 0 bridgehead atoms. The first kappa shape index (κ1) is 15.2. The lowest BCUT2D eigenvalue weighted by molar-refractivity contribution is 0.233. The first-order valence-electron chi connectivity index (χ1n) is 6.64. The molecule has 0 radical (unpaired) electrons. The van der Waals surface area contributed by atoms with E-state index in [9.17, 15) is 0 Å². The van der Waals surface area contributed by atoms with Crippen LogP contribution in [0.5, 0.6) is 0 Å². The van der Waals surface area contributed by atoms with Gasteiger partial charge in [-0.2, -0.15) is 5.10 Å². The molecule has 18 heavy (non-hydrogen) atoms. The van der Waals surface area contributed by atoms with Gasteiger partial charge in [0.15, 0.2) is 0 Å². The fourth-order valence-electron chi connectivity index (χ4n) is 2.09. The fourth-order valence-corrected chi connectivity index (χ4v) is 2.09. The van der Waals surface area contributed by atoms with Crippen molar-refractivity contribution in [2.45, 2.75) is 53.6 Å². The summed E-state index contributed by atoms with van der Waals surface area (Å²) in [6, 6.07) is 0. The molecule has 0 amide bonds. The molecule has 1 aromatic heterocycles. The fraction of sp³-hybridized carbons (Fsp3) is 0.786. The van der Waals surface area contributed by atoms with Crippen LogP contribution in [0.15, 0.2) is 0 Å². The van der Waals surface area contributed by atoms with Gasteiger partial charge in [0.25, 0.3) is 0 Å². The van der Waals surface area contributed by atoms with Crippen molar-refractivity contribution in [3.05, 3.63) is 17.0 Å². The van der Waals surface area contributed by atoms with E-state index in [1.165, 1.54) is 11.3 Å². The van der Waals surface area contributed by atoms with Crippen LogP contribution in [0.2, 0.25) is 0 Å². The number of nitrogens with zero attached hydrogens (tertiary/aromatic N) is 2. The largest absolute Gasteiger partial charge is 0.396 e. The van der Waals surface area contributed by atoms with E-state index in [0.717, 1.165) is 18.8 Å². The van der Waals surface area contributed by atoms with Crippen LogP contribution in [0.1, 0.15) is 44.6 Å². The topological polar surface area (TPSA) is 50.1 Å². The van der Waals surface area contributed by atoms with E-state index < -0.39 is 0 Å². The van der Waals surface area contributed by atoms with Crippen LogP contribution >= 0.6 is 0 Å². The Kier molecular flexibility index (Phi) is 4.93. The minimum Gasteiger partial charge on any atom is -0.396 e. The molecular formula is C14H27N3O. The zero-order valence-electron chi connectivity index (χ0n) is 12.5. The predicted molar refractivity (Wildman–Crippen MR) is 74.7 cm³/mol. The Morgan fingerprint density at radius 2 is 1.94 bits per heavy atom. The van der Waals surface area contributed by atoms with Crippen LogP contribution in [0, 0.1) is 19.8 Å². The number of nitrogens with one attached hydrogen (secondary N) is 1. The van der Waals surface area contributed by atoms with Crippen molar-refractivity contribution in [1.29, 1.82) is 0 Å². The van der Waals surface area contributed by atoms with Gasteiger partial charge < -0.3 is 10.4 Å². The van der Waals surface area contributed by atoms with E-state index in [4.69, 9.17) is 5.11 Å². The Hall–Kier alpha value is -0.870. The van der Waals surface area contributed by atoms with Crippen LogP contribution in [0.25, 0.3) is 0 Å². The quantitative estimate of drug-likeness (QED) is 0.843. The molecule has 4 nitrogen and oxygen atoms in total. The van der Waals surface area contributed by atoms with Gasteiger partial charge in [-0.1, -0.05) is 6.92 Å². The third-order valence-electron chi connectivity index (χ3n) is 3.18. The first-order valence-corrected chi connectivity index (χ1v) is 6.64. The summed E-state index contributed by atoms with van der Waals surface area (Å²) in [5, 5.41) is 17.0. The second-order valence-electron chi connectivity index (χ2n) is 6.15. The number of aliphatic hydroxyl groups excluding tert-OH is 1. The van der Waals surface area contributed by atoms with Crippen LogP contribution in [0.4, 0.5) is 0 Å². The molecule has 1 aromatic rings. The molecule has 4 heteroatoms. The summed E-state index contributed by atoms with van der Waals surface area (Å²) in [5.74, 6) is 0.295. The van der Waals surface area contributed by atoms with Crippen molar-refractivity contribution < 1.29 is 5.11 Å². The molecule has 0 fully saturated rings. The number of aryl methyl sites for hydroxylation is 1. The summed E-state index contributed by atoms with van der Waals surface area (Å²) in [7, 11) is 0. The van der Waals surface area contributed by atoms with Crippen LogP contribution in [-0.2, 0) is 12.1 Å². The van der Waals surface area contributed by atoms with Crippen molar-refractivity contribution >= 4 is 0 Å². The SMILES string of the molecule is Cc1nn(C(C)(C)C)c(C)c1CNCC(C)CO. The molecule has 1 rings (SSSR count). The molecule has 0 aromatic carbocycles. The average Bonchev–Trinajstić information content (AvgIpc) is 2.55. The monoisotopic (exact) mass is 253 g/mol. The van der Waals surface area contributed by atoms with Crippen molar-refractivity contribution in [2.24, 2.45) is 5.92 Å². The summed E-state index contributed by atoms with van der Waals surface area (Å²) in [6.07, 6.45) is 0. The molecule has 0 saturated carbocycles. The summed E-state index contributed by atoms with van der Waals surface area (Å²) in [5.41, 5.74) is 3.61. The Morgan fingerprint density at radius 1 is 1.33 bits per heavy atom. The van der Waals surface area contributed by atoms with Crippen LogP contribution < -0.4 is 5.32 Å². The van der Waals surface area contributed by atoms with Gasteiger partial charge in [0, 0.05) is 31.0 Å². The maximum Gasteiger partial charge on any atom is 0.0641 e. The molecule has 1 unspecified atom stereocenters. The second-order valence-corrected chi connectivity index (χ2v) is 6.15. The van der Waals surface area contributed by atoms with Crippen molar-refractivity contribution in [3.63, 3.8) is 0 Å². The minimum absolute atomic E-state index is 0.0193. The van der Waals surface area contributed by atoms with Gasteiger partial charge in [0.2, 0.25) is 0 Å². The molecule has 0 aliphatic carbocycles.